The van der Waals surface area contributed by atoms with Crippen LogP contribution < -0.4 is 14.2 Å². The summed E-state index contributed by atoms with van der Waals surface area (Å²) in [6.45, 7) is 5.66. The zero-order valence-corrected chi connectivity index (χ0v) is 11.5. The van der Waals surface area contributed by atoms with Gasteiger partial charge in [0.2, 0.25) is 11.4 Å². The molecule has 1 aliphatic heterocycles. The lowest BCUT2D eigenvalue weighted by Crippen LogP contribution is -2.39. The van der Waals surface area contributed by atoms with Crippen LogP contribution in [0.15, 0.2) is 12.3 Å². The first kappa shape index (κ1) is 13.9. The normalized spacial score (nSPS) is 18.1. The van der Waals surface area contributed by atoms with Crippen molar-refractivity contribution in [2.75, 3.05) is 33.7 Å². The van der Waals surface area contributed by atoms with E-state index in [1.54, 1.807) is 13.0 Å². The van der Waals surface area contributed by atoms with Gasteiger partial charge in [-0.1, -0.05) is 6.92 Å². The van der Waals surface area contributed by atoms with Crippen LogP contribution in [0.5, 0.6) is 11.5 Å². The Labute approximate surface area is 112 Å². The standard InChI is InChI=1S/C13H19NO5/c1-10-12(16-3)11(4-5-14(10)15)19-8-13(2)6-17-9-18-7-13/h4-5H,6-9H2,1-3H3. The Hall–Kier alpha value is -1.53. The van der Waals surface area contributed by atoms with Gasteiger partial charge in [0.05, 0.1) is 26.9 Å². The molecule has 19 heavy (non-hydrogen) atoms. The predicted octanol–water partition coefficient (Wildman–Crippen LogP) is 1.03. The molecule has 1 fully saturated rings. The lowest BCUT2D eigenvalue weighted by Gasteiger charge is -2.32. The molecule has 0 aromatic carbocycles. The van der Waals surface area contributed by atoms with E-state index >= 15 is 0 Å². The van der Waals surface area contributed by atoms with Crippen LogP contribution in [0.4, 0.5) is 0 Å². The van der Waals surface area contributed by atoms with Crippen LogP contribution >= 0.6 is 0 Å². The highest BCUT2D eigenvalue weighted by Gasteiger charge is 2.30. The minimum absolute atomic E-state index is 0.194. The van der Waals surface area contributed by atoms with E-state index in [1.807, 2.05) is 6.92 Å². The van der Waals surface area contributed by atoms with E-state index in [0.717, 1.165) is 4.73 Å². The highest BCUT2D eigenvalue weighted by Crippen LogP contribution is 2.30. The molecule has 6 heteroatoms. The van der Waals surface area contributed by atoms with E-state index in [1.165, 1.54) is 13.3 Å². The van der Waals surface area contributed by atoms with Crippen LogP contribution in [0.1, 0.15) is 12.6 Å². The van der Waals surface area contributed by atoms with Crippen LogP contribution in [-0.2, 0) is 9.47 Å². The first-order valence-corrected chi connectivity index (χ1v) is 6.11. The summed E-state index contributed by atoms with van der Waals surface area (Å²) in [6.07, 6.45) is 1.41. The third kappa shape index (κ3) is 3.08. The summed E-state index contributed by atoms with van der Waals surface area (Å²) < 4.78 is 22.3. The number of hydrogen-bond donors (Lipinski definition) is 0. The molecule has 6 nitrogen and oxygen atoms in total. The van der Waals surface area contributed by atoms with Gasteiger partial charge in [-0.15, -0.1) is 0 Å². The highest BCUT2D eigenvalue weighted by molar-refractivity contribution is 5.39. The number of hydrogen-bond acceptors (Lipinski definition) is 5. The Kier molecular flexibility index (Phi) is 4.11. The summed E-state index contributed by atoms with van der Waals surface area (Å²) >= 11 is 0. The molecule has 0 atom stereocenters. The van der Waals surface area contributed by atoms with Gasteiger partial charge < -0.3 is 24.2 Å². The van der Waals surface area contributed by atoms with Crippen molar-refractivity contribution in [3.8, 4) is 11.5 Å². The van der Waals surface area contributed by atoms with Crippen LogP contribution in [-0.4, -0.2) is 33.7 Å². The molecular formula is C13H19NO5. The fourth-order valence-electron chi connectivity index (χ4n) is 1.98. The molecule has 2 rings (SSSR count). The van der Waals surface area contributed by atoms with Crippen LogP contribution in [0.25, 0.3) is 0 Å². The van der Waals surface area contributed by atoms with E-state index in [9.17, 15) is 5.21 Å². The smallest absolute Gasteiger partial charge is 0.235 e. The third-order valence-corrected chi connectivity index (χ3v) is 3.09. The summed E-state index contributed by atoms with van der Waals surface area (Å²) in [4.78, 5) is 0. The van der Waals surface area contributed by atoms with Gasteiger partial charge in [0.1, 0.15) is 6.79 Å². The largest absolute Gasteiger partial charge is 0.618 e. The van der Waals surface area contributed by atoms with Gasteiger partial charge in [0.25, 0.3) is 0 Å². The predicted molar refractivity (Wildman–Crippen MR) is 67.1 cm³/mol. The second-order valence-electron chi connectivity index (χ2n) is 5.04. The van der Waals surface area contributed by atoms with E-state index in [0.29, 0.717) is 43.8 Å². The fourth-order valence-corrected chi connectivity index (χ4v) is 1.98. The maximum absolute atomic E-state index is 11.5. The molecule has 1 saturated heterocycles. The van der Waals surface area contributed by atoms with Crippen molar-refractivity contribution in [3.05, 3.63) is 23.2 Å². The SMILES string of the molecule is COc1c(OCC2(C)COCOC2)cc[n+]([O-])c1C. The molecular weight excluding hydrogens is 250 g/mol. The quantitative estimate of drug-likeness (QED) is 0.603. The van der Waals surface area contributed by atoms with Gasteiger partial charge >= 0.3 is 0 Å². The lowest BCUT2D eigenvalue weighted by atomic mass is 9.94. The molecule has 0 spiro atoms. The van der Waals surface area contributed by atoms with Gasteiger partial charge in [-0.05, 0) is 0 Å². The van der Waals surface area contributed by atoms with Gasteiger partial charge in [0.15, 0.2) is 11.9 Å². The van der Waals surface area contributed by atoms with Gasteiger partial charge in [0, 0.05) is 18.4 Å². The highest BCUT2D eigenvalue weighted by atomic mass is 16.7. The molecule has 0 N–H and O–H groups in total. The lowest BCUT2D eigenvalue weighted by molar-refractivity contribution is -0.612. The van der Waals surface area contributed by atoms with Crippen LogP contribution in [0.3, 0.4) is 0 Å². The average Bonchev–Trinajstić information content (AvgIpc) is 2.41. The molecule has 0 saturated carbocycles. The number of ether oxygens (including phenoxy) is 4. The van der Waals surface area contributed by atoms with Crippen LogP contribution in [0.2, 0.25) is 0 Å². The molecule has 1 aliphatic rings. The first-order chi connectivity index (χ1) is 9.06. The van der Waals surface area contributed by atoms with Crippen molar-refractivity contribution in [1.82, 2.24) is 0 Å². The van der Waals surface area contributed by atoms with Crippen molar-refractivity contribution in [2.24, 2.45) is 5.41 Å². The van der Waals surface area contributed by atoms with E-state index in [4.69, 9.17) is 18.9 Å². The fraction of sp³-hybridized carbons (Fsp3) is 0.615. The Morgan fingerprint density at radius 2 is 2.11 bits per heavy atom. The zero-order valence-electron chi connectivity index (χ0n) is 11.5. The Morgan fingerprint density at radius 1 is 1.42 bits per heavy atom. The molecule has 0 amide bonds. The monoisotopic (exact) mass is 269 g/mol. The molecule has 0 bridgehead atoms. The number of methoxy groups -OCH3 is 1. The molecule has 0 aliphatic carbocycles. The van der Waals surface area contributed by atoms with Crippen molar-refractivity contribution in [2.45, 2.75) is 13.8 Å². The first-order valence-electron chi connectivity index (χ1n) is 6.11. The minimum atomic E-state index is -0.194. The molecule has 106 valence electrons. The van der Waals surface area contributed by atoms with E-state index in [2.05, 4.69) is 0 Å². The number of pyridine rings is 1. The van der Waals surface area contributed by atoms with Crippen molar-refractivity contribution in [3.63, 3.8) is 0 Å². The second kappa shape index (κ2) is 5.63. The number of aromatic nitrogens is 1. The molecule has 2 heterocycles. The summed E-state index contributed by atoms with van der Waals surface area (Å²) in [7, 11) is 1.52. The van der Waals surface area contributed by atoms with Crippen molar-refractivity contribution < 1.29 is 23.7 Å². The summed E-state index contributed by atoms with van der Waals surface area (Å²) in [5.74, 6) is 1.01. The second-order valence-corrected chi connectivity index (χ2v) is 5.04. The summed E-state index contributed by atoms with van der Waals surface area (Å²) in [6, 6.07) is 1.60. The van der Waals surface area contributed by atoms with Crippen LogP contribution in [0, 0.1) is 17.5 Å². The maximum Gasteiger partial charge on any atom is 0.235 e. The Morgan fingerprint density at radius 3 is 2.74 bits per heavy atom. The Balaban J connectivity index is 2.09. The van der Waals surface area contributed by atoms with E-state index < -0.39 is 0 Å². The third-order valence-electron chi connectivity index (χ3n) is 3.09. The van der Waals surface area contributed by atoms with Gasteiger partial charge in [-0.3, -0.25) is 0 Å². The Bertz CT molecular complexity index is 443. The van der Waals surface area contributed by atoms with E-state index in [-0.39, 0.29) is 5.41 Å². The van der Waals surface area contributed by atoms with Crippen molar-refractivity contribution in [1.29, 1.82) is 0 Å². The summed E-state index contributed by atoms with van der Waals surface area (Å²) in [5.41, 5.74) is 0.279. The maximum atomic E-state index is 11.5. The average molecular weight is 269 g/mol. The van der Waals surface area contributed by atoms with Gasteiger partial charge in [-0.2, -0.15) is 4.73 Å². The topological polar surface area (TPSA) is 63.9 Å². The molecule has 1 aromatic heterocycles. The zero-order chi connectivity index (χ0) is 13.9. The number of nitrogens with zero attached hydrogens (tertiary/aromatic N) is 1. The van der Waals surface area contributed by atoms with Gasteiger partial charge in [-0.25, -0.2) is 0 Å². The van der Waals surface area contributed by atoms with Crippen molar-refractivity contribution >= 4 is 0 Å². The number of rotatable bonds is 4. The molecule has 0 unspecified atom stereocenters. The molecule has 0 radical (unpaired) electrons. The summed E-state index contributed by atoms with van der Waals surface area (Å²) in [5, 5.41) is 11.5. The minimum Gasteiger partial charge on any atom is -0.618 e. The molecule has 1 aromatic rings.